The summed E-state index contributed by atoms with van der Waals surface area (Å²) in [4.78, 5) is 2.39. The first-order valence-corrected chi connectivity index (χ1v) is 3.81. The number of fused-ring (bicyclic) bond motifs is 2. The van der Waals surface area contributed by atoms with E-state index < -0.39 is 0 Å². The van der Waals surface area contributed by atoms with Gasteiger partial charge < -0.3 is 5.32 Å². The molecular formula is C8H12N2. The number of nitrogens with zero attached hydrogens (tertiary/aromatic N) is 1. The molecule has 54 valence electrons. The predicted molar refractivity (Wildman–Crippen MR) is 40.6 cm³/mol. The average Bonchev–Trinajstić information content (AvgIpc) is 2.48. The fraction of sp³-hybridized carbons (Fsp3) is 0.750. The summed E-state index contributed by atoms with van der Waals surface area (Å²) < 4.78 is 0. The Morgan fingerprint density at radius 3 is 3.10 bits per heavy atom. The van der Waals surface area contributed by atoms with E-state index in [1.807, 2.05) is 0 Å². The van der Waals surface area contributed by atoms with Crippen LogP contribution in [0.5, 0.6) is 0 Å². The standard InChI is InChI=1S/C8H12N2/c1-2-3-10-6-7-4-8(10)5-9-7/h1,7-9H,3-6H2. The maximum Gasteiger partial charge on any atom is 0.0602 e. The highest BCUT2D eigenvalue weighted by Crippen LogP contribution is 2.21. The van der Waals surface area contributed by atoms with Crippen molar-refractivity contribution in [2.75, 3.05) is 19.6 Å². The van der Waals surface area contributed by atoms with E-state index in [0.717, 1.165) is 31.7 Å². The lowest BCUT2D eigenvalue weighted by Crippen LogP contribution is -2.43. The second-order valence-corrected chi connectivity index (χ2v) is 3.13. The van der Waals surface area contributed by atoms with Gasteiger partial charge in [0.05, 0.1) is 6.54 Å². The van der Waals surface area contributed by atoms with Gasteiger partial charge in [-0.3, -0.25) is 4.90 Å². The third-order valence-corrected chi connectivity index (χ3v) is 2.46. The molecule has 2 bridgehead atoms. The first kappa shape index (κ1) is 6.21. The first-order chi connectivity index (χ1) is 4.90. The van der Waals surface area contributed by atoms with Crippen LogP contribution in [0.25, 0.3) is 0 Å². The van der Waals surface area contributed by atoms with Gasteiger partial charge in [-0.05, 0) is 6.42 Å². The van der Waals surface area contributed by atoms with Crippen molar-refractivity contribution < 1.29 is 0 Å². The summed E-state index contributed by atoms with van der Waals surface area (Å²) in [5.41, 5.74) is 0. The average molecular weight is 136 g/mol. The Balaban J connectivity index is 1.97. The number of nitrogens with one attached hydrogen (secondary N) is 1. The highest BCUT2D eigenvalue weighted by Gasteiger charge is 2.36. The van der Waals surface area contributed by atoms with Gasteiger partial charge in [0.25, 0.3) is 0 Å². The molecule has 2 rings (SSSR count). The molecule has 0 amide bonds. The molecule has 2 heterocycles. The van der Waals surface area contributed by atoms with Gasteiger partial charge in [-0.15, -0.1) is 6.42 Å². The minimum Gasteiger partial charge on any atom is -0.311 e. The molecule has 0 aromatic rings. The predicted octanol–water partition coefficient (Wildman–Crippen LogP) is -0.334. The Kier molecular flexibility index (Phi) is 1.40. The Hall–Kier alpha value is -0.520. The molecule has 0 spiro atoms. The lowest BCUT2D eigenvalue weighted by atomic mass is 10.2. The molecule has 2 saturated heterocycles. The van der Waals surface area contributed by atoms with Gasteiger partial charge in [0.1, 0.15) is 0 Å². The van der Waals surface area contributed by atoms with Gasteiger partial charge >= 0.3 is 0 Å². The SMILES string of the molecule is C#CCN1CC2CC1CN2. The molecule has 10 heavy (non-hydrogen) atoms. The van der Waals surface area contributed by atoms with E-state index in [1.165, 1.54) is 6.42 Å². The van der Waals surface area contributed by atoms with Crippen LogP contribution in [0.4, 0.5) is 0 Å². The van der Waals surface area contributed by atoms with Crippen molar-refractivity contribution in [3.63, 3.8) is 0 Å². The Bertz CT molecular complexity index is 171. The molecule has 1 N–H and O–H groups in total. The Labute approximate surface area is 61.6 Å². The van der Waals surface area contributed by atoms with Gasteiger partial charge in [-0.25, -0.2) is 0 Å². The molecule has 2 unspecified atom stereocenters. The van der Waals surface area contributed by atoms with Crippen LogP contribution < -0.4 is 5.32 Å². The molecule has 0 aromatic carbocycles. The molecule has 2 atom stereocenters. The molecule has 2 nitrogen and oxygen atoms in total. The van der Waals surface area contributed by atoms with E-state index in [0.29, 0.717) is 0 Å². The fourth-order valence-corrected chi connectivity index (χ4v) is 1.96. The molecule has 0 aromatic heterocycles. The lowest BCUT2D eigenvalue weighted by Gasteiger charge is -2.24. The van der Waals surface area contributed by atoms with Crippen LogP contribution in [0, 0.1) is 12.3 Å². The zero-order valence-corrected chi connectivity index (χ0v) is 6.01. The van der Waals surface area contributed by atoms with Crippen molar-refractivity contribution in [2.45, 2.75) is 18.5 Å². The molecule has 2 aliphatic heterocycles. The zero-order valence-electron chi connectivity index (χ0n) is 6.01. The summed E-state index contributed by atoms with van der Waals surface area (Å²) in [5, 5.41) is 3.43. The second kappa shape index (κ2) is 2.26. The summed E-state index contributed by atoms with van der Waals surface area (Å²) >= 11 is 0. The van der Waals surface area contributed by atoms with E-state index in [-0.39, 0.29) is 0 Å². The third-order valence-electron chi connectivity index (χ3n) is 2.46. The van der Waals surface area contributed by atoms with Gasteiger partial charge in [0.15, 0.2) is 0 Å². The second-order valence-electron chi connectivity index (χ2n) is 3.13. The molecule has 0 saturated carbocycles. The van der Waals surface area contributed by atoms with Crippen molar-refractivity contribution in [3.8, 4) is 12.3 Å². The van der Waals surface area contributed by atoms with Crippen molar-refractivity contribution >= 4 is 0 Å². The molecule has 2 fully saturated rings. The minimum atomic E-state index is 0.735. The third kappa shape index (κ3) is 0.828. The smallest absolute Gasteiger partial charge is 0.0602 e. The summed E-state index contributed by atoms with van der Waals surface area (Å²) in [7, 11) is 0. The topological polar surface area (TPSA) is 15.3 Å². The maximum absolute atomic E-state index is 5.23. The molecule has 0 radical (unpaired) electrons. The van der Waals surface area contributed by atoms with Gasteiger partial charge in [-0.1, -0.05) is 5.92 Å². The monoisotopic (exact) mass is 136 g/mol. The van der Waals surface area contributed by atoms with Gasteiger partial charge in [0, 0.05) is 25.2 Å². The molecule has 2 heteroatoms. The summed E-state index contributed by atoms with van der Waals surface area (Å²) in [5.74, 6) is 2.69. The largest absolute Gasteiger partial charge is 0.311 e. The number of rotatable bonds is 1. The van der Waals surface area contributed by atoms with E-state index in [2.05, 4.69) is 16.1 Å². The number of terminal acetylenes is 1. The van der Waals surface area contributed by atoms with Gasteiger partial charge in [-0.2, -0.15) is 0 Å². The van der Waals surface area contributed by atoms with Crippen LogP contribution in [-0.4, -0.2) is 36.6 Å². The van der Waals surface area contributed by atoms with E-state index in [4.69, 9.17) is 6.42 Å². The first-order valence-electron chi connectivity index (χ1n) is 3.81. The van der Waals surface area contributed by atoms with Gasteiger partial charge in [0.2, 0.25) is 0 Å². The van der Waals surface area contributed by atoms with Crippen LogP contribution in [-0.2, 0) is 0 Å². The maximum atomic E-state index is 5.23. The van der Waals surface area contributed by atoms with Crippen LogP contribution in [0.3, 0.4) is 0 Å². The van der Waals surface area contributed by atoms with Crippen LogP contribution in [0.15, 0.2) is 0 Å². The van der Waals surface area contributed by atoms with E-state index in [9.17, 15) is 0 Å². The highest BCUT2D eigenvalue weighted by molar-refractivity contribution is 5.01. The summed E-state index contributed by atoms with van der Waals surface area (Å²) in [6.07, 6.45) is 6.54. The van der Waals surface area contributed by atoms with Crippen molar-refractivity contribution in [1.82, 2.24) is 10.2 Å². The Morgan fingerprint density at radius 2 is 2.60 bits per heavy atom. The van der Waals surface area contributed by atoms with Crippen LogP contribution in [0.2, 0.25) is 0 Å². The quantitative estimate of drug-likeness (QED) is 0.496. The number of piperazine rings is 1. The summed E-state index contributed by atoms with van der Waals surface area (Å²) in [6, 6.07) is 1.47. The minimum absolute atomic E-state index is 0.735. The fourth-order valence-electron chi connectivity index (χ4n) is 1.96. The Morgan fingerprint density at radius 1 is 1.70 bits per heavy atom. The van der Waals surface area contributed by atoms with E-state index in [1.54, 1.807) is 0 Å². The molecular weight excluding hydrogens is 124 g/mol. The highest BCUT2D eigenvalue weighted by atomic mass is 15.3. The lowest BCUT2D eigenvalue weighted by molar-refractivity contribution is 0.253. The molecule has 2 aliphatic rings. The number of likely N-dealkylation sites (tertiary alicyclic amines) is 1. The van der Waals surface area contributed by atoms with Crippen LogP contribution in [0.1, 0.15) is 6.42 Å². The number of hydrogen-bond acceptors (Lipinski definition) is 2. The molecule has 0 aliphatic carbocycles. The summed E-state index contributed by atoms with van der Waals surface area (Å²) in [6.45, 7) is 3.14. The zero-order chi connectivity index (χ0) is 6.97. The normalized spacial score (nSPS) is 38.3. The van der Waals surface area contributed by atoms with Crippen molar-refractivity contribution in [3.05, 3.63) is 0 Å². The van der Waals surface area contributed by atoms with Crippen LogP contribution >= 0.6 is 0 Å². The van der Waals surface area contributed by atoms with Crippen molar-refractivity contribution in [2.24, 2.45) is 0 Å². The van der Waals surface area contributed by atoms with E-state index >= 15 is 0 Å². The van der Waals surface area contributed by atoms with Crippen molar-refractivity contribution in [1.29, 1.82) is 0 Å². The number of hydrogen-bond donors (Lipinski definition) is 1.